The number of para-hydroxylation sites is 1. The lowest BCUT2D eigenvalue weighted by Crippen LogP contribution is -2.46. The largest absolute Gasteiger partial charge is 0.354 e. The van der Waals surface area contributed by atoms with Gasteiger partial charge in [-0.2, -0.15) is 0 Å². The highest BCUT2D eigenvalue weighted by Gasteiger charge is 2.45. The number of hydrogen-bond acceptors (Lipinski definition) is 2. The van der Waals surface area contributed by atoms with Crippen molar-refractivity contribution in [1.29, 1.82) is 0 Å². The fourth-order valence-electron chi connectivity index (χ4n) is 5.53. The number of nitrogens with zero attached hydrogens (tertiary/aromatic N) is 2. The number of aryl methyl sites for hydroxylation is 1. The van der Waals surface area contributed by atoms with Gasteiger partial charge < -0.3 is 4.90 Å². The van der Waals surface area contributed by atoms with Gasteiger partial charge in [-0.15, -0.1) is 0 Å². The smallest absolute Gasteiger partial charge is 0.0716 e. The van der Waals surface area contributed by atoms with Crippen molar-refractivity contribution in [3.05, 3.63) is 29.8 Å². The van der Waals surface area contributed by atoms with Crippen LogP contribution in [0.2, 0.25) is 0 Å². The van der Waals surface area contributed by atoms with E-state index in [0.717, 1.165) is 5.92 Å². The van der Waals surface area contributed by atoms with Gasteiger partial charge in [0.1, 0.15) is 0 Å². The average molecular weight is 328 g/mol. The summed E-state index contributed by atoms with van der Waals surface area (Å²) in [6.45, 7) is 4.37. The Hall–Kier alpha value is -1.02. The third kappa shape index (κ3) is 2.98. The van der Waals surface area contributed by atoms with E-state index in [-0.39, 0.29) is 6.64 Å². The van der Waals surface area contributed by atoms with Gasteiger partial charge in [0, 0.05) is 23.8 Å². The van der Waals surface area contributed by atoms with E-state index >= 15 is 0 Å². The maximum Gasteiger partial charge on any atom is 0.0716 e. The molecule has 24 heavy (non-hydrogen) atoms. The van der Waals surface area contributed by atoms with Crippen LogP contribution >= 0.6 is 0 Å². The van der Waals surface area contributed by atoms with Crippen LogP contribution in [0, 0.1) is 12.8 Å². The van der Waals surface area contributed by atoms with Crippen LogP contribution in [0.5, 0.6) is 0 Å². The van der Waals surface area contributed by atoms with Gasteiger partial charge in [0.05, 0.1) is 8.02 Å². The summed E-state index contributed by atoms with van der Waals surface area (Å²) in [5.41, 5.74) is 2.58. The zero-order chi connectivity index (χ0) is 17.4. The molecule has 2 unspecified atom stereocenters. The first-order chi connectivity index (χ1) is 12.2. The summed E-state index contributed by atoms with van der Waals surface area (Å²) in [6.07, 6.45) is 12.2. The van der Waals surface area contributed by atoms with Gasteiger partial charge in [-0.25, -0.2) is 0 Å². The van der Waals surface area contributed by atoms with Crippen LogP contribution in [0.1, 0.15) is 71.6 Å². The molecular formula is C22H34N2. The van der Waals surface area contributed by atoms with E-state index in [0.29, 0.717) is 18.1 Å². The Morgan fingerprint density at radius 1 is 0.958 bits per heavy atom. The normalized spacial score (nSPS) is 34.0. The van der Waals surface area contributed by atoms with E-state index < -0.39 is 0 Å². The molecule has 4 rings (SSSR count). The molecule has 1 heterocycles. The van der Waals surface area contributed by atoms with E-state index in [1.807, 2.05) is 0 Å². The van der Waals surface area contributed by atoms with Gasteiger partial charge in [-0.05, 0) is 57.1 Å². The molecule has 1 aromatic rings. The molecule has 1 saturated heterocycles. The Labute approximate surface area is 149 Å². The summed E-state index contributed by atoms with van der Waals surface area (Å²) in [5, 5.41) is 0. The topological polar surface area (TPSA) is 6.48 Å². The van der Waals surface area contributed by atoms with Crippen LogP contribution in [-0.2, 0) is 0 Å². The first-order valence-electron chi connectivity index (χ1n) is 10.8. The number of benzene rings is 1. The summed E-state index contributed by atoms with van der Waals surface area (Å²) in [4.78, 5) is 5.06. The third-order valence-electron chi connectivity index (χ3n) is 6.81. The van der Waals surface area contributed by atoms with E-state index in [1.165, 1.54) is 69.0 Å². The Kier molecular flexibility index (Phi) is 4.50. The van der Waals surface area contributed by atoms with Gasteiger partial charge in [0.25, 0.3) is 0 Å². The number of hydrogen-bond donors (Lipinski definition) is 0. The van der Waals surface area contributed by atoms with E-state index in [4.69, 9.17) is 0 Å². The molecule has 0 aromatic heterocycles. The van der Waals surface area contributed by atoms with Crippen molar-refractivity contribution >= 4 is 5.69 Å². The van der Waals surface area contributed by atoms with Crippen LogP contribution in [-0.4, -0.2) is 29.7 Å². The zero-order valence-electron chi connectivity index (χ0n) is 16.5. The van der Waals surface area contributed by atoms with Crippen molar-refractivity contribution in [3.8, 4) is 0 Å². The second-order valence-electron chi connectivity index (χ2n) is 8.32. The summed E-state index contributed by atoms with van der Waals surface area (Å²) >= 11 is 0. The molecule has 0 bridgehead atoms. The van der Waals surface area contributed by atoms with Crippen LogP contribution in [0.3, 0.4) is 0 Å². The van der Waals surface area contributed by atoms with Crippen molar-refractivity contribution in [2.45, 2.75) is 89.8 Å². The zero-order valence-corrected chi connectivity index (χ0v) is 15.5. The molecule has 2 saturated carbocycles. The van der Waals surface area contributed by atoms with Gasteiger partial charge in [0.2, 0.25) is 0 Å². The van der Waals surface area contributed by atoms with Gasteiger partial charge >= 0.3 is 0 Å². The predicted molar refractivity (Wildman–Crippen MR) is 102 cm³/mol. The Balaban J connectivity index is 1.68. The minimum absolute atomic E-state index is 0.217. The summed E-state index contributed by atoms with van der Waals surface area (Å²) in [5.74, 6) is 0.784. The predicted octanol–water partition coefficient (Wildman–Crippen LogP) is 5.35. The Morgan fingerprint density at radius 3 is 2.33 bits per heavy atom. The summed E-state index contributed by atoms with van der Waals surface area (Å²) in [6, 6.07) is 10.3. The van der Waals surface area contributed by atoms with Crippen molar-refractivity contribution in [2.75, 3.05) is 11.5 Å². The van der Waals surface area contributed by atoms with E-state index in [1.54, 1.807) is 0 Å². The highest BCUT2D eigenvalue weighted by molar-refractivity contribution is 5.55. The van der Waals surface area contributed by atoms with Gasteiger partial charge in [0.15, 0.2) is 0 Å². The molecule has 1 aromatic carbocycles. The summed E-state index contributed by atoms with van der Waals surface area (Å²) in [7, 11) is 0. The number of rotatable bonds is 3. The molecule has 2 nitrogen and oxygen atoms in total. The van der Waals surface area contributed by atoms with Crippen molar-refractivity contribution in [3.63, 3.8) is 0 Å². The first kappa shape index (κ1) is 15.3. The average Bonchev–Trinajstić information content (AvgIpc) is 3.23. The minimum atomic E-state index is -0.217. The molecule has 1 aliphatic heterocycles. The molecule has 3 atom stereocenters. The second-order valence-corrected chi connectivity index (χ2v) is 8.32. The lowest BCUT2D eigenvalue weighted by molar-refractivity contribution is 0.109. The Bertz CT molecular complexity index is 577. The first-order valence-corrected chi connectivity index (χ1v) is 10.2. The molecule has 3 aliphatic rings. The monoisotopic (exact) mass is 327 g/mol. The molecule has 2 aliphatic carbocycles. The van der Waals surface area contributed by atoms with Crippen LogP contribution < -0.4 is 4.90 Å². The van der Waals surface area contributed by atoms with Crippen molar-refractivity contribution < 1.29 is 1.37 Å². The third-order valence-corrected chi connectivity index (χ3v) is 6.81. The molecule has 0 N–H and O–H groups in total. The molecule has 0 spiro atoms. The highest BCUT2D eigenvalue weighted by Crippen LogP contribution is 2.41. The standard InChI is InChI=1S/C22H34N2/c1-17-10-6-9-15-21(17)23-16-24(20-13-7-8-14-20)22(18(23)2)19-11-4-3-5-12-19/h6,9-10,15,18-20,22H,3-5,7-8,11-14,16H2,1-2H3/t18-,22?/m0/s1/i16D/t16?,18-,22?. The van der Waals surface area contributed by atoms with Crippen molar-refractivity contribution in [1.82, 2.24) is 4.90 Å². The van der Waals surface area contributed by atoms with Gasteiger partial charge in [-0.1, -0.05) is 50.3 Å². The molecule has 0 amide bonds. The molecular weight excluding hydrogens is 292 g/mol. The minimum Gasteiger partial charge on any atom is -0.354 e. The molecule has 132 valence electrons. The number of anilines is 1. The maximum atomic E-state index is 9.18. The highest BCUT2D eigenvalue weighted by atomic mass is 15.4. The van der Waals surface area contributed by atoms with Gasteiger partial charge in [-0.3, -0.25) is 4.90 Å². The van der Waals surface area contributed by atoms with E-state index in [9.17, 15) is 1.37 Å². The fourth-order valence-corrected chi connectivity index (χ4v) is 5.53. The quantitative estimate of drug-likeness (QED) is 0.738. The molecule has 2 heteroatoms. The van der Waals surface area contributed by atoms with Crippen LogP contribution in [0.25, 0.3) is 0 Å². The molecule has 3 fully saturated rings. The fraction of sp³-hybridized carbons (Fsp3) is 0.727. The lowest BCUT2D eigenvalue weighted by Gasteiger charge is -2.38. The van der Waals surface area contributed by atoms with Crippen molar-refractivity contribution in [2.24, 2.45) is 5.92 Å². The second kappa shape index (κ2) is 7.07. The summed E-state index contributed by atoms with van der Waals surface area (Å²) < 4.78 is 9.18. The molecule has 0 radical (unpaired) electrons. The Morgan fingerprint density at radius 2 is 1.62 bits per heavy atom. The maximum absolute atomic E-state index is 9.18. The van der Waals surface area contributed by atoms with Crippen LogP contribution in [0.4, 0.5) is 5.69 Å². The van der Waals surface area contributed by atoms with Crippen LogP contribution in [0.15, 0.2) is 24.3 Å². The SMILES string of the molecule is [2H]C1N(C2CCCC2)C(C2CCCCC2)[C@H](C)N1c1ccccc1C. The van der Waals surface area contributed by atoms with E-state index in [2.05, 4.69) is 47.9 Å². The lowest BCUT2D eigenvalue weighted by atomic mass is 9.80.